The molecule has 1 aromatic heterocycles. The van der Waals surface area contributed by atoms with E-state index in [1.54, 1.807) is 30.5 Å². The molecule has 1 N–H and O–H groups in total. The monoisotopic (exact) mass is 480 g/mol. The van der Waals surface area contributed by atoms with Crippen LogP contribution >= 0.6 is 23.2 Å². The van der Waals surface area contributed by atoms with Gasteiger partial charge in [0.25, 0.3) is 10.1 Å². The van der Waals surface area contributed by atoms with E-state index in [0.717, 1.165) is 19.6 Å². The molecule has 0 amide bonds. The number of nitrogens with zero attached hydrogens (tertiary/aromatic N) is 2. The van der Waals surface area contributed by atoms with Crippen LogP contribution in [0, 0.1) is 0 Å². The van der Waals surface area contributed by atoms with E-state index in [1.807, 2.05) is 0 Å². The van der Waals surface area contributed by atoms with Crippen molar-refractivity contribution >= 4 is 39.0 Å². The first-order valence-corrected chi connectivity index (χ1v) is 11.6. The van der Waals surface area contributed by atoms with Gasteiger partial charge in [-0.2, -0.15) is 8.42 Å². The Morgan fingerprint density at radius 2 is 1.83 bits per heavy atom. The van der Waals surface area contributed by atoms with Crippen LogP contribution in [0.5, 0.6) is 5.75 Å². The van der Waals surface area contributed by atoms with Crippen molar-refractivity contribution < 1.29 is 27.0 Å². The van der Waals surface area contributed by atoms with E-state index in [0.29, 0.717) is 45.7 Å². The minimum absolute atomic E-state index is 0.323. The van der Waals surface area contributed by atoms with Gasteiger partial charge in [0.05, 0.1) is 24.7 Å². The minimum atomic E-state index is -3.67. The lowest BCUT2D eigenvalue weighted by Gasteiger charge is -2.16. The van der Waals surface area contributed by atoms with Crippen LogP contribution < -0.4 is 4.74 Å². The zero-order valence-corrected chi connectivity index (χ0v) is 19.6. The summed E-state index contributed by atoms with van der Waals surface area (Å²) in [6.45, 7) is 7.41. The van der Waals surface area contributed by atoms with Crippen molar-refractivity contribution in [2.75, 3.05) is 39.6 Å². The van der Waals surface area contributed by atoms with E-state index in [4.69, 9.17) is 41.7 Å². The van der Waals surface area contributed by atoms with Gasteiger partial charge in [0, 0.05) is 12.1 Å². The highest BCUT2D eigenvalue weighted by atomic mass is 35.5. The standard InChI is InChI=1S/C18H22Cl2N2O3.CH4O3S/c1-4-22(5-2)10-12-25-21-18(15-7-6-11-24-15)13-8-9-14(23-3)17(20)16(13)19;1-5(2,3)4/h6-9,11H,4-5,10,12H2,1-3H3;1H3,(H,2,3,4)/b21-18-;. The summed E-state index contributed by atoms with van der Waals surface area (Å²) < 4.78 is 36.5. The second kappa shape index (κ2) is 12.8. The van der Waals surface area contributed by atoms with Crippen LogP contribution in [-0.4, -0.2) is 63.2 Å². The molecular formula is C19H26Cl2N2O6S. The van der Waals surface area contributed by atoms with Crippen molar-refractivity contribution in [1.29, 1.82) is 0 Å². The van der Waals surface area contributed by atoms with Gasteiger partial charge in [0.1, 0.15) is 17.4 Å². The largest absolute Gasteiger partial charge is 0.495 e. The molecule has 2 aromatic rings. The molecule has 0 fully saturated rings. The minimum Gasteiger partial charge on any atom is -0.495 e. The number of likely N-dealkylation sites (N-methyl/N-ethyl adjacent to an activating group) is 1. The summed E-state index contributed by atoms with van der Waals surface area (Å²) in [5.41, 5.74) is 1.10. The van der Waals surface area contributed by atoms with E-state index in [-0.39, 0.29) is 0 Å². The number of halogens is 2. The van der Waals surface area contributed by atoms with Gasteiger partial charge >= 0.3 is 0 Å². The Balaban J connectivity index is 0.000000804. The summed E-state index contributed by atoms with van der Waals surface area (Å²) in [5, 5.41) is 4.91. The molecule has 0 unspecified atom stereocenters. The van der Waals surface area contributed by atoms with Crippen LogP contribution in [0.15, 0.2) is 40.1 Å². The maximum atomic E-state index is 9.19. The van der Waals surface area contributed by atoms with Gasteiger partial charge in [0.15, 0.2) is 11.5 Å². The molecule has 11 heteroatoms. The van der Waals surface area contributed by atoms with Crippen LogP contribution in [-0.2, 0) is 15.0 Å². The lowest BCUT2D eigenvalue weighted by atomic mass is 10.1. The maximum absolute atomic E-state index is 9.19. The molecule has 8 nitrogen and oxygen atoms in total. The first-order valence-electron chi connectivity index (χ1n) is 9.03. The summed E-state index contributed by atoms with van der Waals surface area (Å²) in [6.07, 6.45) is 2.28. The molecule has 0 aliphatic heterocycles. The van der Waals surface area contributed by atoms with Crippen LogP contribution in [0.1, 0.15) is 25.2 Å². The highest BCUT2D eigenvalue weighted by Crippen LogP contribution is 2.35. The molecule has 168 valence electrons. The van der Waals surface area contributed by atoms with Gasteiger partial charge < -0.3 is 18.9 Å². The predicted octanol–water partition coefficient (Wildman–Crippen LogP) is 4.21. The Labute approximate surface area is 187 Å². The summed E-state index contributed by atoms with van der Waals surface area (Å²) in [7, 11) is -2.13. The third-order valence-corrected chi connectivity index (χ3v) is 4.69. The Morgan fingerprint density at radius 1 is 1.20 bits per heavy atom. The van der Waals surface area contributed by atoms with Crippen molar-refractivity contribution in [3.63, 3.8) is 0 Å². The smallest absolute Gasteiger partial charge is 0.261 e. The highest BCUT2D eigenvalue weighted by Gasteiger charge is 2.19. The molecule has 0 saturated heterocycles. The predicted molar refractivity (Wildman–Crippen MR) is 119 cm³/mol. The number of benzene rings is 1. The Hall–Kier alpha value is -1.78. The fourth-order valence-electron chi connectivity index (χ4n) is 2.33. The van der Waals surface area contributed by atoms with E-state index in [9.17, 15) is 8.42 Å². The van der Waals surface area contributed by atoms with Crippen molar-refractivity contribution in [2.24, 2.45) is 5.16 Å². The zero-order chi connectivity index (χ0) is 22.7. The van der Waals surface area contributed by atoms with Crippen molar-refractivity contribution in [3.8, 4) is 5.75 Å². The lowest BCUT2D eigenvalue weighted by molar-refractivity contribution is 0.114. The average Bonchev–Trinajstić information content (AvgIpc) is 3.21. The van der Waals surface area contributed by atoms with Gasteiger partial charge in [-0.1, -0.05) is 42.2 Å². The number of rotatable bonds is 9. The van der Waals surface area contributed by atoms with Gasteiger partial charge in [-0.05, 0) is 37.4 Å². The molecule has 0 aliphatic rings. The van der Waals surface area contributed by atoms with Crippen LogP contribution in [0.2, 0.25) is 10.0 Å². The Kier molecular flexibility index (Phi) is 11.2. The normalized spacial score (nSPS) is 11.8. The van der Waals surface area contributed by atoms with E-state index >= 15 is 0 Å². The molecule has 30 heavy (non-hydrogen) atoms. The van der Waals surface area contributed by atoms with E-state index in [2.05, 4.69) is 23.9 Å². The third-order valence-electron chi connectivity index (χ3n) is 3.83. The fraction of sp³-hybridized carbons (Fsp3) is 0.421. The molecule has 0 saturated carbocycles. The van der Waals surface area contributed by atoms with E-state index in [1.165, 1.54) is 7.11 Å². The van der Waals surface area contributed by atoms with Crippen molar-refractivity contribution in [2.45, 2.75) is 13.8 Å². The zero-order valence-electron chi connectivity index (χ0n) is 17.3. The average molecular weight is 481 g/mol. The molecule has 0 atom stereocenters. The summed E-state index contributed by atoms with van der Waals surface area (Å²) >= 11 is 12.7. The van der Waals surface area contributed by atoms with Gasteiger partial charge in [-0.15, -0.1) is 0 Å². The van der Waals surface area contributed by atoms with E-state index < -0.39 is 10.1 Å². The van der Waals surface area contributed by atoms with Crippen molar-refractivity contribution in [1.82, 2.24) is 4.90 Å². The first kappa shape index (κ1) is 26.3. The van der Waals surface area contributed by atoms with Crippen LogP contribution in [0.3, 0.4) is 0 Å². The number of methoxy groups -OCH3 is 1. The molecule has 1 aromatic carbocycles. The van der Waals surface area contributed by atoms with Crippen LogP contribution in [0.4, 0.5) is 0 Å². The maximum Gasteiger partial charge on any atom is 0.261 e. The number of hydrogen-bond donors (Lipinski definition) is 1. The van der Waals surface area contributed by atoms with Crippen LogP contribution in [0.25, 0.3) is 0 Å². The Bertz CT molecular complexity index is 905. The summed E-state index contributed by atoms with van der Waals surface area (Å²) in [5.74, 6) is 1.04. The molecule has 0 bridgehead atoms. The SMILES string of the molecule is CCN(CC)CCO/N=C(\c1ccco1)c1ccc(OC)c(Cl)c1Cl.CS(=O)(=O)O. The Morgan fingerprint density at radius 3 is 2.33 bits per heavy atom. The second-order valence-corrected chi connectivity index (χ2v) is 8.18. The molecular weight excluding hydrogens is 455 g/mol. The lowest BCUT2D eigenvalue weighted by Crippen LogP contribution is -2.26. The molecule has 0 radical (unpaired) electrons. The van der Waals surface area contributed by atoms with Crippen molar-refractivity contribution in [3.05, 3.63) is 51.9 Å². The van der Waals surface area contributed by atoms with Gasteiger partial charge in [-0.25, -0.2) is 0 Å². The summed E-state index contributed by atoms with van der Waals surface area (Å²) in [6, 6.07) is 7.08. The molecule has 2 rings (SSSR count). The number of oxime groups is 1. The fourth-order valence-corrected chi connectivity index (χ4v) is 2.82. The molecule has 1 heterocycles. The molecule has 0 aliphatic carbocycles. The first-order chi connectivity index (χ1) is 14.1. The number of hydrogen-bond acceptors (Lipinski definition) is 7. The second-order valence-electron chi connectivity index (χ2n) is 5.95. The number of ether oxygens (including phenoxy) is 1. The van der Waals surface area contributed by atoms with Gasteiger partial charge in [0.2, 0.25) is 0 Å². The molecule has 0 spiro atoms. The topological polar surface area (TPSA) is 102 Å². The quantitative estimate of drug-likeness (QED) is 0.248. The summed E-state index contributed by atoms with van der Waals surface area (Å²) in [4.78, 5) is 7.76. The third kappa shape index (κ3) is 8.93. The van der Waals surface area contributed by atoms with Gasteiger partial charge in [-0.3, -0.25) is 4.55 Å². The highest BCUT2D eigenvalue weighted by molar-refractivity contribution is 7.85. The number of furan rings is 1.